The fraction of sp³-hybridized carbons (Fsp3) is 0.393. The minimum atomic E-state index is 0.534. The Balaban J connectivity index is 1.39. The van der Waals surface area contributed by atoms with Crippen molar-refractivity contribution in [1.29, 1.82) is 0 Å². The quantitative estimate of drug-likeness (QED) is 0.275. The number of nitrogens with one attached hydrogen (secondary N) is 2. The molecule has 1 aliphatic heterocycles. The zero-order chi connectivity index (χ0) is 24.7. The van der Waals surface area contributed by atoms with Crippen LogP contribution < -0.4 is 24.8 Å². The summed E-state index contributed by atoms with van der Waals surface area (Å²) in [5, 5.41) is 6.51. The zero-order valence-corrected chi connectivity index (χ0v) is 21.0. The highest BCUT2D eigenvalue weighted by molar-refractivity contribution is 5.73. The van der Waals surface area contributed by atoms with E-state index in [0.717, 1.165) is 30.1 Å². The number of hydrogen-bond acceptors (Lipinski definition) is 7. The number of likely N-dealkylation sites (tertiary alicyclic amines) is 1. The van der Waals surface area contributed by atoms with Crippen molar-refractivity contribution in [3.05, 3.63) is 72.7 Å². The molecule has 188 valence electrons. The Kier molecular flexibility index (Phi) is 11.0. The average Bonchev–Trinajstić information content (AvgIpc) is 3.39. The maximum absolute atomic E-state index is 6.01. The van der Waals surface area contributed by atoms with Crippen molar-refractivity contribution < 1.29 is 14.2 Å². The molecule has 0 amide bonds. The van der Waals surface area contributed by atoms with E-state index in [1.165, 1.54) is 25.9 Å². The SMILES string of the molecule is C=C(/N=C\C=C(/C)NCCOc1ccccc1)Nc1ccc(OC)c(OCCCN2CCCC2)c1. The van der Waals surface area contributed by atoms with E-state index >= 15 is 0 Å². The Morgan fingerprint density at radius 2 is 1.86 bits per heavy atom. The summed E-state index contributed by atoms with van der Waals surface area (Å²) >= 11 is 0. The number of benzene rings is 2. The van der Waals surface area contributed by atoms with E-state index in [9.17, 15) is 0 Å². The number of para-hydroxylation sites is 1. The number of nitrogens with zero attached hydrogens (tertiary/aromatic N) is 2. The van der Waals surface area contributed by atoms with Crippen LogP contribution in [0.5, 0.6) is 17.2 Å². The van der Waals surface area contributed by atoms with Crippen molar-refractivity contribution in [2.45, 2.75) is 26.2 Å². The molecule has 2 N–H and O–H groups in total. The van der Waals surface area contributed by atoms with E-state index < -0.39 is 0 Å². The molecule has 7 nitrogen and oxygen atoms in total. The summed E-state index contributed by atoms with van der Waals surface area (Å²) in [5.41, 5.74) is 1.84. The molecule has 2 aromatic rings. The zero-order valence-electron chi connectivity index (χ0n) is 21.0. The molecule has 1 aliphatic rings. The van der Waals surface area contributed by atoms with Crippen LogP contribution in [0.3, 0.4) is 0 Å². The number of ether oxygens (including phenoxy) is 3. The van der Waals surface area contributed by atoms with Gasteiger partial charge in [-0.05, 0) is 69.6 Å². The number of hydrogen-bond donors (Lipinski definition) is 2. The second-order valence-corrected chi connectivity index (χ2v) is 8.40. The van der Waals surface area contributed by atoms with Gasteiger partial charge in [0.05, 0.1) is 13.7 Å². The highest BCUT2D eigenvalue weighted by atomic mass is 16.5. The first-order valence-corrected chi connectivity index (χ1v) is 12.3. The van der Waals surface area contributed by atoms with Crippen LogP contribution in [0.1, 0.15) is 26.2 Å². The summed E-state index contributed by atoms with van der Waals surface area (Å²) < 4.78 is 17.1. The summed E-state index contributed by atoms with van der Waals surface area (Å²) in [6.07, 6.45) is 7.23. The summed E-state index contributed by atoms with van der Waals surface area (Å²) in [5.74, 6) is 2.83. The second kappa shape index (κ2) is 14.7. The first-order chi connectivity index (χ1) is 17.1. The number of aliphatic imine (C=N–C) groups is 1. The van der Waals surface area contributed by atoms with Crippen LogP contribution in [0.2, 0.25) is 0 Å². The van der Waals surface area contributed by atoms with E-state index in [4.69, 9.17) is 14.2 Å². The molecule has 0 spiro atoms. The van der Waals surface area contributed by atoms with Crippen LogP contribution >= 0.6 is 0 Å². The lowest BCUT2D eigenvalue weighted by Crippen LogP contribution is -2.21. The third-order valence-electron chi connectivity index (χ3n) is 5.60. The monoisotopic (exact) mass is 478 g/mol. The van der Waals surface area contributed by atoms with Crippen molar-refractivity contribution >= 4 is 11.9 Å². The standard InChI is InChI=1S/C28H38N4O3/c1-23(29-16-21-34-26-10-5-4-6-11-26)14-15-30-24(2)31-25-12-13-27(33-3)28(22-25)35-20-9-19-32-17-7-8-18-32/h4-6,10-15,22,29,31H,2,7-9,16-21H2,1,3H3/b23-14+,30-15-. The first-order valence-electron chi connectivity index (χ1n) is 12.3. The van der Waals surface area contributed by atoms with Crippen LogP contribution in [-0.4, -0.2) is 57.6 Å². The molecule has 0 radical (unpaired) electrons. The molecular formula is C28H38N4O3. The van der Waals surface area contributed by atoms with Crippen LogP contribution in [0.25, 0.3) is 0 Å². The minimum absolute atomic E-state index is 0.534. The molecule has 0 unspecified atom stereocenters. The van der Waals surface area contributed by atoms with E-state index in [1.54, 1.807) is 13.3 Å². The van der Waals surface area contributed by atoms with Crippen molar-refractivity contribution in [2.75, 3.05) is 51.8 Å². The first kappa shape index (κ1) is 26.2. The smallest absolute Gasteiger partial charge is 0.163 e. The fourth-order valence-corrected chi connectivity index (χ4v) is 3.77. The summed E-state index contributed by atoms with van der Waals surface area (Å²) in [6.45, 7) is 11.4. The molecule has 35 heavy (non-hydrogen) atoms. The molecule has 0 bridgehead atoms. The molecule has 3 rings (SSSR count). The van der Waals surface area contributed by atoms with Crippen LogP contribution in [0.15, 0.2) is 77.7 Å². The summed E-state index contributed by atoms with van der Waals surface area (Å²) in [4.78, 5) is 6.86. The van der Waals surface area contributed by atoms with Gasteiger partial charge in [0.25, 0.3) is 0 Å². The molecule has 0 saturated carbocycles. The minimum Gasteiger partial charge on any atom is -0.493 e. The van der Waals surface area contributed by atoms with Gasteiger partial charge in [-0.15, -0.1) is 0 Å². The topological polar surface area (TPSA) is 67.4 Å². The molecule has 0 aromatic heterocycles. The van der Waals surface area contributed by atoms with Crippen molar-refractivity contribution in [3.8, 4) is 17.2 Å². The van der Waals surface area contributed by atoms with Crippen LogP contribution in [0, 0.1) is 0 Å². The Hall–Kier alpha value is -3.45. The van der Waals surface area contributed by atoms with Crippen molar-refractivity contribution in [3.63, 3.8) is 0 Å². The second-order valence-electron chi connectivity index (χ2n) is 8.40. The lowest BCUT2D eigenvalue weighted by atomic mass is 10.2. The number of allylic oxidation sites excluding steroid dienone is 2. The van der Waals surface area contributed by atoms with Gasteiger partial charge in [0.1, 0.15) is 18.2 Å². The highest BCUT2D eigenvalue weighted by Gasteiger charge is 2.11. The van der Waals surface area contributed by atoms with Gasteiger partial charge in [-0.25, -0.2) is 4.99 Å². The fourth-order valence-electron chi connectivity index (χ4n) is 3.77. The van der Waals surface area contributed by atoms with Gasteiger partial charge in [0, 0.05) is 36.8 Å². The molecule has 0 aliphatic carbocycles. The van der Waals surface area contributed by atoms with Gasteiger partial charge < -0.3 is 29.7 Å². The Morgan fingerprint density at radius 1 is 1.06 bits per heavy atom. The Labute approximate surface area is 209 Å². The van der Waals surface area contributed by atoms with Gasteiger partial charge in [-0.1, -0.05) is 24.8 Å². The Bertz CT molecular complexity index is 969. The highest BCUT2D eigenvalue weighted by Crippen LogP contribution is 2.31. The molecule has 2 aromatic carbocycles. The van der Waals surface area contributed by atoms with Gasteiger partial charge in [0.15, 0.2) is 11.5 Å². The maximum Gasteiger partial charge on any atom is 0.163 e. The predicted molar refractivity (Wildman–Crippen MR) is 144 cm³/mol. The third kappa shape index (κ3) is 9.74. The largest absolute Gasteiger partial charge is 0.493 e. The molecule has 0 atom stereocenters. The molecular weight excluding hydrogens is 440 g/mol. The lowest BCUT2D eigenvalue weighted by molar-refractivity contribution is 0.254. The van der Waals surface area contributed by atoms with E-state index in [2.05, 4.69) is 27.1 Å². The van der Waals surface area contributed by atoms with Crippen molar-refractivity contribution in [1.82, 2.24) is 10.2 Å². The van der Waals surface area contributed by atoms with Gasteiger partial charge in [0.2, 0.25) is 0 Å². The van der Waals surface area contributed by atoms with Gasteiger partial charge >= 0.3 is 0 Å². The normalized spacial score (nSPS) is 14.2. The molecule has 1 saturated heterocycles. The van der Waals surface area contributed by atoms with Crippen LogP contribution in [0.4, 0.5) is 5.69 Å². The summed E-state index contributed by atoms with van der Waals surface area (Å²) in [6, 6.07) is 15.5. The third-order valence-corrected chi connectivity index (χ3v) is 5.60. The lowest BCUT2D eigenvalue weighted by Gasteiger charge is -2.16. The Morgan fingerprint density at radius 3 is 2.63 bits per heavy atom. The maximum atomic E-state index is 6.01. The van der Waals surface area contributed by atoms with Gasteiger partial charge in [-0.3, -0.25) is 0 Å². The van der Waals surface area contributed by atoms with E-state index in [1.807, 2.05) is 61.5 Å². The van der Waals surface area contributed by atoms with E-state index in [-0.39, 0.29) is 0 Å². The van der Waals surface area contributed by atoms with Crippen LogP contribution in [-0.2, 0) is 0 Å². The van der Waals surface area contributed by atoms with Gasteiger partial charge in [-0.2, -0.15) is 0 Å². The van der Waals surface area contributed by atoms with Crippen molar-refractivity contribution in [2.24, 2.45) is 4.99 Å². The average molecular weight is 479 g/mol. The molecule has 1 heterocycles. The molecule has 7 heteroatoms. The number of methoxy groups -OCH3 is 1. The predicted octanol–water partition coefficient (Wildman–Crippen LogP) is 5.09. The summed E-state index contributed by atoms with van der Waals surface area (Å²) in [7, 11) is 1.65. The number of anilines is 1. The van der Waals surface area contributed by atoms with E-state index in [0.29, 0.717) is 37.1 Å². The number of rotatable bonds is 15. The molecule has 1 fully saturated rings.